The largest absolute Gasteiger partial charge is 0.401 e. The van der Waals surface area contributed by atoms with E-state index in [1.54, 1.807) is 11.1 Å². The van der Waals surface area contributed by atoms with Crippen molar-refractivity contribution < 1.29 is 13.2 Å². The summed E-state index contributed by atoms with van der Waals surface area (Å²) in [5, 5.41) is 0. The van der Waals surface area contributed by atoms with Crippen LogP contribution in [0.25, 0.3) is 0 Å². The van der Waals surface area contributed by atoms with E-state index in [9.17, 15) is 13.2 Å². The quantitative estimate of drug-likeness (QED) is 0.847. The minimum absolute atomic E-state index is 0.383. The third-order valence-corrected chi connectivity index (χ3v) is 4.17. The first-order valence-corrected chi connectivity index (χ1v) is 6.90. The number of hydrogen-bond donors (Lipinski definition) is 0. The number of nitrogens with zero attached hydrogens (tertiary/aromatic N) is 3. The second-order valence-electron chi connectivity index (χ2n) is 5.88. The Morgan fingerprint density at radius 2 is 1.75 bits per heavy atom. The Morgan fingerprint density at radius 3 is 2.30 bits per heavy atom. The molecule has 2 aliphatic rings. The molecule has 2 unspecified atom stereocenters. The SMILES string of the molecule is FC(F)(F)CN1CC2CN(Cc3cccnc3)CC2C1. The zero-order chi connectivity index (χ0) is 14.2. The second-order valence-corrected chi connectivity index (χ2v) is 5.88. The number of aromatic nitrogens is 1. The van der Waals surface area contributed by atoms with Crippen LogP contribution < -0.4 is 0 Å². The minimum Gasteiger partial charge on any atom is -0.298 e. The first kappa shape index (κ1) is 13.8. The highest BCUT2D eigenvalue weighted by Gasteiger charge is 2.43. The Morgan fingerprint density at radius 1 is 1.10 bits per heavy atom. The van der Waals surface area contributed by atoms with Crippen LogP contribution in [-0.2, 0) is 6.54 Å². The van der Waals surface area contributed by atoms with Gasteiger partial charge in [0.2, 0.25) is 0 Å². The van der Waals surface area contributed by atoms with E-state index in [-0.39, 0.29) is 0 Å². The normalized spacial score (nSPS) is 27.9. The topological polar surface area (TPSA) is 19.4 Å². The van der Waals surface area contributed by atoms with Crippen molar-refractivity contribution in [2.75, 3.05) is 32.7 Å². The minimum atomic E-state index is -4.08. The molecular formula is C14H18F3N3. The fourth-order valence-corrected chi connectivity index (χ4v) is 3.45. The number of fused-ring (bicyclic) bond motifs is 1. The van der Waals surface area contributed by atoms with Crippen molar-refractivity contribution in [1.82, 2.24) is 14.8 Å². The highest BCUT2D eigenvalue weighted by molar-refractivity contribution is 5.09. The number of likely N-dealkylation sites (tertiary alicyclic amines) is 2. The van der Waals surface area contributed by atoms with E-state index in [4.69, 9.17) is 0 Å². The molecule has 0 spiro atoms. The molecule has 3 heterocycles. The molecule has 6 heteroatoms. The average molecular weight is 285 g/mol. The van der Waals surface area contributed by atoms with Gasteiger partial charge in [-0.3, -0.25) is 14.8 Å². The first-order chi connectivity index (χ1) is 9.49. The zero-order valence-electron chi connectivity index (χ0n) is 11.2. The molecule has 0 aromatic carbocycles. The molecule has 0 aliphatic carbocycles. The van der Waals surface area contributed by atoms with E-state index in [1.165, 1.54) is 5.56 Å². The summed E-state index contributed by atoms with van der Waals surface area (Å²) < 4.78 is 37.2. The first-order valence-electron chi connectivity index (χ1n) is 6.90. The maximum atomic E-state index is 12.4. The summed E-state index contributed by atoms with van der Waals surface area (Å²) in [7, 11) is 0. The summed E-state index contributed by atoms with van der Waals surface area (Å²) in [6.45, 7) is 3.03. The van der Waals surface area contributed by atoms with Crippen molar-refractivity contribution >= 4 is 0 Å². The monoisotopic (exact) mass is 285 g/mol. The predicted octanol–water partition coefficient (Wildman–Crippen LogP) is 2.01. The summed E-state index contributed by atoms with van der Waals surface area (Å²) in [5.74, 6) is 0.767. The van der Waals surface area contributed by atoms with Gasteiger partial charge in [0.15, 0.2) is 0 Å². The lowest BCUT2D eigenvalue weighted by molar-refractivity contribution is -0.144. The summed E-state index contributed by atoms with van der Waals surface area (Å²) in [5.41, 5.74) is 1.17. The third kappa shape index (κ3) is 3.30. The highest BCUT2D eigenvalue weighted by Crippen LogP contribution is 2.33. The van der Waals surface area contributed by atoms with E-state index in [0.29, 0.717) is 24.9 Å². The van der Waals surface area contributed by atoms with Gasteiger partial charge < -0.3 is 0 Å². The summed E-state index contributed by atoms with van der Waals surface area (Å²) in [6.07, 6.45) is -0.477. The molecule has 1 aromatic rings. The fraction of sp³-hybridized carbons (Fsp3) is 0.643. The molecule has 3 rings (SSSR count). The maximum absolute atomic E-state index is 12.4. The van der Waals surface area contributed by atoms with Crippen LogP contribution in [0.4, 0.5) is 13.2 Å². The molecule has 0 N–H and O–H groups in total. The average Bonchev–Trinajstić information content (AvgIpc) is 2.85. The van der Waals surface area contributed by atoms with Crippen molar-refractivity contribution in [1.29, 1.82) is 0 Å². The lowest BCUT2D eigenvalue weighted by Gasteiger charge is -2.22. The molecule has 0 bridgehead atoms. The van der Waals surface area contributed by atoms with Gasteiger partial charge in [-0.1, -0.05) is 6.07 Å². The molecule has 0 saturated carbocycles. The van der Waals surface area contributed by atoms with E-state index >= 15 is 0 Å². The van der Waals surface area contributed by atoms with Crippen LogP contribution in [0, 0.1) is 11.8 Å². The highest BCUT2D eigenvalue weighted by atomic mass is 19.4. The smallest absolute Gasteiger partial charge is 0.298 e. The van der Waals surface area contributed by atoms with Gasteiger partial charge in [0.25, 0.3) is 0 Å². The fourth-order valence-electron chi connectivity index (χ4n) is 3.45. The van der Waals surface area contributed by atoms with Crippen LogP contribution in [0.3, 0.4) is 0 Å². The number of pyridine rings is 1. The van der Waals surface area contributed by atoms with Crippen molar-refractivity contribution in [3.8, 4) is 0 Å². The van der Waals surface area contributed by atoms with Gasteiger partial charge in [0.05, 0.1) is 6.54 Å². The van der Waals surface area contributed by atoms with E-state index < -0.39 is 12.7 Å². The van der Waals surface area contributed by atoms with Crippen LogP contribution >= 0.6 is 0 Å². The third-order valence-electron chi connectivity index (χ3n) is 4.17. The number of halogens is 3. The van der Waals surface area contributed by atoms with Gasteiger partial charge in [-0.15, -0.1) is 0 Å². The van der Waals surface area contributed by atoms with Crippen LogP contribution in [0.1, 0.15) is 5.56 Å². The Balaban J connectivity index is 1.51. The van der Waals surface area contributed by atoms with Gasteiger partial charge in [-0.2, -0.15) is 13.2 Å². The molecule has 2 fully saturated rings. The van der Waals surface area contributed by atoms with Crippen LogP contribution in [0.2, 0.25) is 0 Å². The van der Waals surface area contributed by atoms with Crippen molar-refractivity contribution in [3.63, 3.8) is 0 Å². The van der Waals surface area contributed by atoms with Crippen molar-refractivity contribution in [2.45, 2.75) is 12.7 Å². The molecule has 110 valence electrons. The molecule has 20 heavy (non-hydrogen) atoms. The Hall–Kier alpha value is -1.14. The molecule has 1 aromatic heterocycles. The van der Waals surface area contributed by atoms with Gasteiger partial charge in [-0.25, -0.2) is 0 Å². The van der Waals surface area contributed by atoms with Gasteiger partial charge in [0.1, 0.15) is 0 Å². The van der Waals surface area contributed by atoms with Crippen molar-refractivity contribution in [2.24, 2.45) is 11.8 Å². The van der Waals surface area contributed by atoms with Crippen LogP contribution in [-0.4, -0.2) is 53.7 Å². The molecule has 0 amide bonds. The van der Waals surface area contributed by atoms with Crippen molar-refractivity contribution in [3.05, 3.63) is 30.1 Å². The number of alkyl halides is 3. The molecule has 2 aliphatic heterocycles. The van der Waals surface area contributed by atoms with E-state index in [1.807, 2.05) is 18.3 Å². The van der Waals surface area contributed by atoms with Gasteiger partial charge >= 0.3 is 6.18 Å². The van der Waals surface area contributed by atoms with Gasteiger partial charge in [-0.05, 0) is 23.5 Å². The summed E-state index contributed by atoms with van der Waals surface area (Å²) in [6, 6.07) is 3.95. The maximum Gasteiger partial charge on any atom is 0.401 e. The standard InChI is InChI=1S/C14H18F3N3/c15-14(16,17)10-20-8-12-6-19(7-13(12)9-20)5-11-2-1-3-18-4-11/h1-4,12-13H,5-10H2. The Kier molecular flexibility index (Phi) is 3.69. The Labute approximate surface area is 116 Å². The van der Waals surface area contributed by atoms with Gasteiger partial charge in [0, 0.05) is 45.1 Å². The summed E-state index contributed by atoms with van der Waals surface area (Å²) in [4.78, 5) is 7.97. The molecule has 0 radical (unpaired) electrons. The molecule has 3 nitrogen and oxygen atoms in total. The van der Waals surface area contributed by atoms with E-state index in [0.717, 1.165) is 19.6 Å². The lowest BCUT2D eigenvalue weighted by Crippen LogP contribution is -2.35. The Bertz CT molecular complexity index is 435. The second kappa shape index (κ2) is 5.33. The van der Waals surface area contributed by atoms with E-state index in [2.05, 4.69) is 9.88 Å². The molecule has 2 saturated heterocycles. The number of hydrogen-bond acceptors (Lipinski definition) is 3. The summed E-state index contributed by atoms with van der Waals surface area (Å²) >= 11 is 0. The lowest BCUT2D eigenvalue weighted by atomic mass is 10.0. The van der Waals surface area contributed by atoms with Crippen LogP contribution in [0.5, 0.6) is 0 Å². The number of rotatable bonds is 3. The zero-order valence-corrected chi connectivity index (χ0v) is 11.2. The van der Waals surface area contributed by atoms with Crippen LogP contribution in [0.15, 0.2) is 24.5 Å². The molecule has 2 atom stereocenters. The predicted molar refractivity (Wildman–Crippen MR) is 69.0 cm³/mol. The molecular weight excluding hydrogens is 267 g/mol.